The molecule has 8 heteroatoms. The van der Waals surface area contributed by atoms with Gasteiger partial charge in [0.05, 0.1) is 5.56 Å². The van der Waals surface area contributed by atoms with Gasteiger partial charge in [-0.2, -0.15) is 0 Å². The van der Waals surface area contributed by atoms with Gasteiger partial charge in [0.25, 0.3) is 5.91 Å². The quantitative estimate of drug-likeness (QED) is 0.271. The Morgan fingerprint density at radius 2 is 1.94 bits per heavy atom. The number of anilines is 1. The van der Waals surface area contributed by atoms with Gasteiger partial charge in [0.1, 0.15) is 0 Å². The Labute approximate surface area is 188 Å². The number of hydroxylamine groups is 1. The van der Waals surface area contributed by atoms with E-state index in [-0.39, 0.29) is 5.56 Å². The number of carbonyl (C=O) groups is 1. The summed E-state index contributed by atoms with van der Waals surface area (Å²) in [4.78, 5) is 22.1. The van der Waals surface area contributed by atoms with Gasteiger partial charge in [-0.25, -0.2) is 15.4 Å². The van der Waals surface area contributed by atoms with Crippen LogP contribution in [0.4, 0.5) is 5.95 Å². The molecule has 32 heavy (non-hydrogen) atoms. The zero-order chi connectivity index (χ0) is 22.3. The summed E-state index contributed by atoms with van der Waals surface area (Å²) in [5.41, 5.74) is 4.60. The monoisotopic (exact) mass is 436 g/mol. The molecule has 0 bridgehead atoms. The van der Waals surface area contributed by atoms with E-state index in [1.807, 2.05) is 0 Å². The maximum atomic E-state index is 11.4. The third kappa shape index (κ3) is 5.08. The van der Waals surface area contributed by atoms with Crippen molar-refractivity contribution in [1.82, 2.24) is 25.3 Å². The highest BCUT2D eigenvalue weighted by molar-refractivity contribution is 5.92. The molecule has 0 atom stereocenters. The Morgan fingerprint density at radius 1 is 1.19 bits per heavy atom. The van der Waals surface area contributed by atoms with E-state index in [9.17, 15) is 4.79 Å². The molecule has 2 aromatic heterocycles. The van der Waals surface area contributed by atoms with Crippen LogP contribution >= 0.6 is 0 Å². The molecule has 1 aliphatic heterocycles. The van der Waals surface area contributed by atoms with Crippen LogP contribution < -0.4 is 15.7 Å². The largest absolute Gasteiger partial charge is 0.347 e. The number of nitrogens with zero attached hydrogens (tertiary/aromatic N) is 4. The Balaban J connectivity index is 1.22. The fourth-order valence-electron chi connectivity index (χ4n) is 4.48. The first kappa shape index (κ1) is 22.2. The molecular weight excluding hydrogens is 404 g/mol. The molecule has 0 aliphatic carbocycles. The van der Waals surface area contributed by atoms with E-state index in [1.165, 1.54) is 28.9 Å². The number of amides is 1. The van der Waals surface area contributed by atoms with Gasteiger partial charge in [0.2, 0.25) is 5.95 Å². The second kappa shape index (κ2) is 10.6. The number of aromatic nitrogens is 3. The summed E-state index contributed by atoms with van der Waals surface area (Å²) in [7, 11) is 0. The second-order valence-corrected chi connectivity index (χ2v) is 8.46. The SMILES string of the molecule is CCCn1cc(CCNCC2CCN(c3ncc(C(=O)NO)cn3)CC2)c2ccccc21. The van der Waals surface area contributed by atoms with E-state index in [1.54, 1.807) is 5.48 Å². The molecule has 1 aliphatic rings. The van der Waals surface area contributed by atoms with Crippen molar-refractivity contribution in [3.05, 3.63) is 54.0 Å². The van der Waals surface area contributed by atoms with Crippen molar-refractivity contribution in [2.24, 2.45) is 5.92 Å². The van der Waals surface area contributed by atoms with Gasteiger partial charge in [-0.05, 0) is 56.3 Å². The third-order valence-corrected chi connectivity index (χ3v) is 6.24. The Kier molecular flexibility index (Phi) is 7.34. The second-order valence-electron chi connectivity index (χ2n) is 8.46. The molecule has 4 rings (SSSR count). The standard InChI is InChI=1S/C24H32N6O2/c1-2-11-30-17-19(21-5-3-4-6-22(21)30)7-10-25-14-18-8-12-29(13-9-18)24-26-15-20(16-27-24)23(31)28-32/h3-6,15-18,25,32H,2,7-14H2,1H3,(H,28,31). The molecule has 1 amide bonds. The predicted molar refractivity (Wildman–Crippen MR) is 125 cm³/mol. The smallest absolute Gasteiger partial charge is 0.277 e. The lowest BCUT2D eigenvalue weighted by Gasteiger charge is -2.32. The average Bonchev–Trinajstić information content (AvgIpc) is 3.19. The van der Waals surface area contributed by atoms with E-state index < -0.39 is 5.91 Å². The molecule has 1 aromatic carbocycles. The number of piperidine rings is 1. The lowest BCUT2D eigenvalue weighted by molar-refractivity contribution is 0.0705. The number of para-hydroxylation sites is 1. The van der Waals surface area contributed by atoms with Crippen LogP contribution in [-0.2, 0) is 13.0 Å². The minimum atomic E-state index is -0.601. The van der Waals surface area contributed by atoms with Crippen LogP contribution in [0.3, 0.4) is 0 Å². The summed E-state index contributed by atoms with van der Waals surface area (Å²) < 4.78 is 2.38. The van der Waals surface area contributed by atoms with E-state index in [2.05, 4.69) is 62.1 Å². The molecule has 1 saturated heterocycles. The molecular formula is C24H32N6O2. The van der Waals surface area contributed by atoms with Gasteiger partial charge in [-0.1, -0.05) is 25.1 Å². The van der Waals surface area contributed by atoms with Crippen LogP contribution in [0.25, 0.3) is 10.9 Å². The van der Waals surface area contributed by atoms with Crippen LogP contribution in [0, 0.1) is 5.92 Å². The zero-order valence-electron chi connectivity index (χ0n) is 18.6. The number of nitrogens with one attached hydrogen (secondary N) is 2. The first-order valence-electron chi connectivity index (χ1n) is 11.5. The molecule has 0 spiro atoms. The van der Waals surface area contributed by atoms with Crippen LogP contribution in [0.2, 0.25) is 0 Å². The zero-order valence-corrected chi connectivity index (χ0v) is 18.6. The minimum Gasteiger partial charge on any atom is -0.347 e. The van der Waals surface area contributed by atoms with Crippen molar-refractivity contribution in [2.45, 2.75) is 39.2 Å². The van der Waals surface area contributed by atoms with Gasteiger partial charge in [0, 0.05) is 49.1 Å². The number of hydrogen-bond acceptors (Lipinski definition) is 6. The Hall–Kier alpha value is -2.97. The number of rotatable bonds is 9. The lowest BCUT2D eigenvalue weighted by atomic mass is 9.97. The number of fused-ring (bicyclic) bond motifs is 1. The summed E-state index contributed by atoms with van der Waals surface area (Å²) in [6.45, 7) is 7.10. The molecule has 1 fully saturated rings. The lowest BCUT2D eigenvalue weighted by Crippen LogP contribution is -2.38. The average molecular weight is 437 g/mol. The highest BCUT2D eigenvalue weighted by Crippen LogP contribution is 2.23. The summed E-state index contributed by atoms with van der Waals surface area (Å²) in [6.07, 6.45) is 9.57. The molecule has 0 radical (unpaired) electrons. The maximum absolute atomic E-state index is 11.4. The Bertz CT molecular complexity index is 1020. The molecule has 170 valence electrons. The minimum absolute atomic E-state index is 0.244. The highest BCUT2D eigenvalue weighted by Gasteiger charge is 2.21. The van der Waals surface area contributed by atoms with Crippen molar-refractivity contribution in [2.75, 3.05) is 31.1 Å². The van der Waals surface area contributed by atoms with Gasteiger partial charge in [0.15, 0.2) is 0 Å². The van der Waals surface area contributed by atoms with E-state index in [4.69, 9.17) is 5.21 Å². The fourth-order valence-corrected chi connectivity index (χ4v) is 4.48. The van der Waals surface area contributed by atoms with E-state index >= 15 is 0 Å². The van der Waals surface area contributed by atoms with Crippen LogP contribution in [0.1, 0.15) is 42.1 Å². The molecule has 0 unspecified atom stereocenters. The first-order chi connectivity index (χ1) is 15.7. The molecule has 3 N–H and O–H groups in total. The van der Waals surface area contributed by atoms with E-state index in [0.29, 0.717) is 11.9 Å². The van der Waals surface area contributed by atoms with Crippen LogP contribution in [0.5, 0.6) is 0 Å². The van der Waals surface area contributed by atoms with Crippen LogP contribution in [0.15, 0.2) is 42.9 Å². The first-order valence-corrected chi connectivity index (χ1v) is 11.5. The van der Waals surface area contributed by atoms with Crippen molar-refractivity contribution in [3.63, 3.8) is 0 Å². The molecule has 8 nitrogen and oxygen atoms in total. The predicted octanol–water partition coefficient (Wildman–Crippen LogP) is 3.01. The van der Waals surface area contributed by atoms with Crippen molar-refractivity contribution >= 4 is 22.8 Å². The van der Waals surface area contributed by atoms with Crippen molar-refractivity contribution in [3.8, 4) is 0 Å². The number of benzene rings is 1. The number of aryl methyl sites for hydroxylation is 1. The van der Waals surface area contributed by atoms with Gasteiger partial charge < -0.3 is 14.8 Å². The van der Waals surface area contributed by atoms with Gasteiger partial charge in [-0.3, -0.25) is 10.0 Å². The van der Waals surface area contributed by atoms with Crippen LogP contribution in [-0.4, -0.2) is 51.8 Å². The van der Waals surface area contributed by atoms with E-state index in [0.717, 1.165) is 58.4 Å². The maximum Gasteiger partial charge on any atom is 0.277 e. The normalized spacial score (nSPS) is 14.8. The molecule has 3 heterocycles. The number of hydrogen-bond donors (Lipinski definition) is 3. The number of carbonyl (C=O) groups excluding carboxylic acids is 1. The highest BCUT2D eigenvalue weighted by atomic mass is 16.5. The van der Waals surface area contributed by atoms with Gasteiger partial charge in [-0.15, -0.1) is 0 Å². The van der Waals surface area contributed by atoms with Gasteiger partial charge >= 0.3 is 0 Å². The van der Waals surface area contributed by atoms with Crippen molar-refractivity contribution < 1.29 is 10.0 Å². The summed E-state index contributed by atoms with van der Waals surface area (Å²) >= 11 is 0. The summed E-state index contributed by atoms with van der Waals surface area (Å²) in [5.74, 6) is 0.678. The van der Waals surface area contributed by atoms with Crippen molar-refractivity contribution in [1.29, 1.82) is 0 Å². The summed E-state index contributed by atoms with van der Waals surface area (Å²) in [5, 5.41) is 13.7. The fraction of sp³-hybridized carbons (Fsp3) is 0.458. The Morgan fingerprint density at radius 3 is 2.66 bits per heavy atom. The molecule has 0 saturated carbocycles. The molecule has 3 aromatic rings. The topological polar surface area (TPSA) is 95.3 Å². The third-order valence-electron chi connectivity index (χ3n) is 6.24. The summed E-state index contributed by atoms with van der Waals surface area (Å²) in [6, 6.07) is 8.70.